The molecule has 0 radical (unpaired) electrons. The number of nitrogens with zero attached hydrogens (tertiary/aromatic N) is 6. The molecule has 0 spiro atoms. The summed E-state index contributed by atoms with van der Waals surface area (Å²) < 4.78 is 12.9. The number of aromatic nitrogens is 4. The molecule has 5 aromatic rings. The normalized spacial score (nSPS) is 14.5. The summed E-state index contributed by atoms with van der Waals surface area (Å²) in [5.41, 5.74) is 7.40. The van der Waals surface area contributed by atoms with Crippen LogP contribution in [0.2, 0.25) is 0 Å². The Kier molecular flexibility index (Phi) is 4.93. The molecular formula is C24H21N7O2. The lowest BCUT2D eigenvalue weighted by Gasteiger charge is -2.29. The van der Waals surface area contributed by atoms with Crippen molar-refractivity contribution in [1.29, 1.82) is 0 Å². The number of ether oxygens (including phenoxy) is 1. The Bertz CT molecular complexity index is 1440. The molecule has 0 bridgehead atoms. The number of morpholine rings is 1. The van der Waals surface area contributed by atoms with Crippen LogP contribution in [0.25, 0.3) is 27.9 Å². The van der Waals surface area contributed by atoms with Gasteiger partial charge in [-0.15, -0.1) is 0 Å². The first-order chi connectivity index (χ1) is 16.3. The van der Waals surface area contributed by atoms with Gasteiger partial charge in [-0.05, 0) is 29.8 Å². The van der Waals surface area contributed by atoms with Crippen LogP contribution in [0, 0.1) is 0 Å². The number of fused-ring (bicyclic) bond motifs is 2. The minimum Gasteiger partial charge on any atom is -0.464 e. The fraction of sp³-hybridized carbons (Fsp3) is 0.167. The van der Waals surface area contributed by atoms with E-state index in [0.717, 1.165) is 52.3 Å². The zero-order valence-electron chi connectivity index (χ0n) is 17.8. The summed E-state index contributed by atoms with van der Waals surface area (Å²) in [6.07, 6.45) is 6.96. The van der Waals surface area contributed by atoms with Crippen molar-refractivity contribution in [2.75, 3.05) is 36.6 Å². The highest BCUT2D eigenvalue weighted by Gasteiger charge is 2.18. The second-order valence-corrected chi connectivity index (χ2v) is 7.72. The monoisotopic (exact) mass is 439 g/mol. The lowest BCUT2D eigenvalue weighted by molar-refractivity contribution is 0.122. The quantitative estimate of drug-likeness (QED) is 0.329. The van der Waals surface area contributed by atoms with Gasteiger partial charge in [0, 0.05) is 48.6 Å². The lowest BCUT2D eigenvalue weighted by atomic mass is 10.2. The first kappa shape index (κ1) is 19.4. The van der Waals surface area contributed by atoms with E-state index in [1.54, 1.807) is 24.9 Å². The highest BCUT2D eigenvalue weighted by molar-refractivity contribution is 5.88. The van der Waals surface area contributed by atoms with Gasteiger partial charge in [-0.2, -0.15) is 14.7 Å². The Morgan fingerprint density at radius 2 is 1.88 bits per heavy atom. The van der Waals surface area contributed by atoms with Gasteiger partial charge >= 0.3 is 0 Å². The van der Waals surface area contributed by atoms with Crippen molar-refractivity contribution >= 4 is 34.5 Å². The van der Waals surface area contributed by atoms with E-state index in [-0.39, 0.29) is 0 Å². The Balaban J connectivity index is 1.34. The van der Waals surface area contributed by atoms with Crippen LogP contribution < -0.4 is 10.3 Å². The van der Waals surface area contributed by atoms with Crippen molar-refractivity contribution in [3.63, 3.8) is 0 Å². The zero-order chi connectivity index (χ0) is 22.0. The van der Waals surface area contributed by atoms with Gasteiger partial charge in [0.2, 0.25) is 0 Å². The molecule has 1 N–H and O–H groups in total. The first-order valence-corrected chi connectivity index (χ1v) is 10.7. The summed E-state index contributed by atoms with van der Waals surface area (Å²) in [5.74, 6) is 1.58. The minimum atomic E-state index is 0.639. The van der Waals surface area contributed by atoms with Gasteiger partial charge in [-0.25, -0.2) is 4.98 Å². The van der Waals surface area contributed by atoms with Crippen molar-refractivity contribution in [1.82, 2.24) is 19.6 Å². The fourth-order valence-corrected chi connectivity index (χ4v) is 3.92. The van der Waals surface area contributed by atoms with Crippen LogP contribution >= 0.6 is 0 Å². The molecule has 0 saturated carbocycles. The van der Waals surface area contributed by atoms with Gasteiger partial charge in [-0.1, -0.05) is 12.1 Å². The molecule has 0 amide bonds. The molecule has 164 valence electrons. The summed E-state index contributed by atoms with van der Waals surface area (Å²) >= 11 is 0. The molecule has 33 heavy (non-hydrogen) atoms. The van der Waals surface area contributed by atoms with Crippen molar-refractivity contribution in [2.24, 2.45) is 5.10 Å². The predicted octanol–water partition coefficient (Wildman–Crippen LogP) is 3.82. The number of anilines is 2. The first-order valence-electron chi connectivity index (χ1n) is 10.7. The maximum Gasteiger partial charge on any atom is 0.160 e. The maximum atomic E-state index is 5.54. The summed E-state index contributed by atoms with van der Waals surface area (Å²) in [7, 11) is 0. The predicted molar refractivity (Wildman–Crippen MR) is 127 cm³/mol. The summed E-state index contributed by atoms with van der Waals surface area (Å²) in [6.45, 7) is 2.93. The summed E-state index contributed by atoms with van der Waals surface area (Å²) in [4.78, 5) is 11.1. The van der Waals surface area contributed by atoms with Crippen LogP contribution in [0.4, 0.5) is 11.6 Å². The highest BCUT2D eigenvalue weighted by Crippen LogP contribution is 2.25. The molecule has 0 unspecified atom stereocenters. The third-order valence-corrected chi connectivity index (χ3v) is 5.59. The van der Waals surface area contributed by atoms with Gasteiger partial charge in [-0.3, -0.25) is 10.4 Å². The molecule has 6 rings (SSSR count). The number of hydrazone groups is 1. The third kappa shape index (κ3) is 3.90. The molecule has 1 aromatic carbocycles. The topological polar surface area (TPSA) is 93.1 Å². The second kappa shape index (κ2) is 8.36. The lowest BCUT2D eigenvalue weighted by Crippen LogP contribution is -2.37. The Labute approximate surface area is 189 Å². The third-order valence-electron chi connectivity index (χ3n) is 5.59. The average Bonchev–Trinajstić information content (AvgIpc) is 3.51. The molecular weight excluding hydrogens is 418 g/mol. The number of furan rings is 1. The van der Waals surface area contributed by atoms with E-state index in [9.17, 15) is 0 Å². The van der Waals surface area contributed by atoms with Gasteiger partial charge in [0.15, 0.2) is 11.5 Å². The summed E-state index contributed by atoms with van der Waals surface area (Å²) in [5, 5.41) is 10.3. The van der Waals surface area contributed by atoms with E-state index in [1.165, 1.54) is 0 Å². The van der Waals surface area contributed by atoms with E-state index in [4.69, 9.17) is 19.2 Å². The van der Waals surface area contributed by atoms with E-state index in [1.807, 2.05) is 53.0 Å². The van der Waals surface area contributed by atoms with Gasteiger partial charge in [0.05, 0.1) is 31.4 Å². The molecule has 0 atom stereocenters. The molecule has 0 aliphatic carbocycles. The van der Waals surface area contributed by atoms with Crippen molar-refractivity contribution in [3.05, 3.63) is 72.8 Å². The molecule has 9 nitrogen and oxygen atoms in total. The van der Waals surface area contributed by atoms with Crippen LogP contribution in [-0.4, -0.2) is 52.1 Å². The molecule has 9 heteroatoms. The zero-order valence-corrected chi connectivity index (χ0v) is 17.8. The molecule has 4 aromatic heterocycles. The largest absolute Gasteiger partial charge is 0.464 e. The molecule has 1 saturated heterocycles. The number of hydrogen-bond acceptors (Lipinski definition) is 8. The van der Waals surface area contributed by atoms with Crippen LogP contribution in [0.15, 0.2) is 76.7 Å². The number of hydrogen-bond donors (Lipinski definition) is 1. The Morgan fingerprint density at radius 1 is 1.00 bits per heavy atom. The second-order valence-electron chi connectivity index (χ2n) is 7.72. The SMILES string of the molecule is C(=N\Nc1cc(N2CCOCC2)n2nc(-c3ccncc3)cc2n1)/c1ccc2ccoc2c1. The average molecular weight is 439 g/mol. The van der Waals surface area contributed by atoms with Crippen molar-refractivity contribution in [2.45, 2.75) is 0 Å². The molecule has 5 heterocycles. The van der Waals surface area contributed by atoms with E-state index in [2.05, 4.69) is 20.4 Å². The van der Waals surface area contributed by atoms with Crippen molar-refractivity contribution in [3.8, 4) is 11.3 Å². The van der Waals surface area contributed by atoms with Crippen LogP contribution in [0.1, 0.15) is 5.56 Å². The van der Waals surface area contributed by atoms with Crippen LogP contribution in [0.3, 0.4) is 0 Å². The fourth-order valence-electron chi connectivity index (χ4n) is 3.92. The van der Waals surface area contributed by atoms with Gasteiger partial charge in [0.1, 0.15) is 11.4 Å². The number of nitrogens with one attached hydrogen (secondary N) is 1. The van der Waals surface area contributed by atoms with E-state index in [0.29, 0.717) is 19.0 Å². The Morgan fingerprint density at radius 3 is 2.76 bits per heavy atom. The van der Waals surface area contributed by atoms with Crippen LogP contribution in [-0.2, 0) is 4.74 Å². The Hall–Kier alpha value is -4.24. The maximum absolute atomic E-state index is 5.54. The van der Waals surface area contributed by atoms with E-state index < -0.39 is 0 Å². The highest BCUT2D eigenvalue weighted by atomic mass is 16.5. The van der Waals surface area contributed by atoms with Gasteiger partial charge < -0.3 is 14.1 Å². The molecule has 1 aliphatic rings. The molecule has 1 fully saturated rings. The standard InChI is InChI=1S/C24H21N7O2/c1-2-19-5-10-33-21(19)13-17(1)16-26-28-22-15-24(30-8-11-32-12-9-30)31-23(27-22)14-20(29-31)18-3-6-25-7-4-18/h1-7,10,13-16H,8-9,11-12H2,(H,27,28)/b26-16+. The van der Waals surface area contributed by atoms with Crippen molar-refractivity contribution < 1.29 is 9.15 Å². The molecule has 1 aliphatic heterocycles. The number of rotatable bonds is 5. The van der Waals surface area contributed by atoms with Crippen LogP contribution in [0.5, 0.6) is 0 Å². The smallest absolute Gasteiger partial charge is 0.160 e. The number of benzene rings is 1. The summed E-state index contributed by atoms with van der Waals surface area (Å²) in [6, 6.07) is 15.7. The van der Waals surface area contributed by atoms with Gasteiger partial charge in [0.25, 0.3) is 0 Å². The minimum absolute atomic E-state index is 0.639. The van der Waals surface area contributed by atoms with E-state index >= 15 is 0 Å². The number of pyridine rings is 1.